The van der Waals surface area contributed by atoms with Gasteiger partial charge in [-0.25, -0.2) is 4.79 Å². The van der Waals surface area contributed by atoms with Crippen molar-refractivity contribution in [2.45, 2.75) is 13.8 Å². The molecule has 0 fully saturated rings. The van der Waals surface area contributed by atoms with Crippen molar-refractivity contribution in [2.75, 3.05) is 4.90 Å². The summed E-state index contributed by atoms with van der Waals surface area (Å²) in [5.41, 5.74) is 9.22. The fourth-order valence-corrected chi connectivity index (χ4v) is 9.53. The summed E-state index contributed by atoms with van der Waals surface area (Å²) in [6.07, 6.45) is 1.43. The van der Waals surface area contributed by atoms with Gasteiger partial charge in [0.15, 0.2) is 0 Å². The lowest BCUT2D eigenvalue weighted by Crippen LogP contribution is -2.07. The molecular formula is C40H26N2O2S3. The van der Waals surface area contributed by atoms with Crippen LogP contribution in [0, 0.1) is 11.3 Å². The number of nitriles is 1. The normalized spacial score (nSPS) is 12.3. The number of anilines is 3. The van der Waals surface area contributed by atoms with Crippen LogP contribution in [0.25, 0.3) is 53.4 Å². The number of carboxylic acid groups (broad SMARTS) is 1. The first-order valence-corrected chi connectivity index (χ1v) is 17.5. The van der Waals surface area contributed by atoms with Crippen LogP contribution in [0.4, 0.5) is 15.7 Å². The third kappa shape index (κ3) is 5.08. The molecule has 3 aromatic heterocycles. The van der Waals surface area contributed by atoms with E-state index in [2.05, 4.69) is 116 Å². The first-order valence-electron chi connectivity index (χ1n) is 15.1. The minimum atomic E-state index is -1.22. The zero-order valence-electron chi connectivity index (χ0n) is 25.4. The topological polar surface area (TPSA) is 64.3 Å². The van der Waals surface area contributed by atoms with Gasteiger partial charge in [0.2, 0.25) is 0 Å². The van der Waals surface area contributed by atoms with E-state index in [1.165, 1.54) is 81.0 Å². The summed E-state index contributed by atoms with van der Waals surface area (Å²) < 4.78 is 2.53. The predicted molar refractivity (Wildman–Crippen MR) is 199 cm³/mol. The number of nitrogens with zero attached hydrogens (tertiary/aromatic N) is 2. The molecule has 3 heterocycles. The number of hydrogen-bond acceptors (Lipinski definition) is 6. The third-order valence-corrected chi connectivity index (χ3v) is 11.7. The Labute approximate surface area is 284 Å². The highest BCUT2D eigenvalue weighted by atomic mass is 32.1. The maximum absolute atomic E-state index is 11.4. The Morgan fingerprint density at radius 2 is 1.34 bits per heavy atom. The number of fused-ring (bicyclic) bond motifs is 5. The Hall–Kier alpha value is -5.26. The van der Waals surface area contributed by atoms with Gasteiger partial charge >= 0.3 is 5.97 Å². The molecule has 7 aromatic rings. The monoisotopic (exact) mass is 662 g/mol. The number of carboxylic acids is 1. The van der Waals surface area contributed by atoms with Gasteiger partial charge in [-0.2, -0.15) is 5.26 Å². The molecule has 0 aliphatic heterocycles. The van der Waals surface area contributed by atoms with E-state index >= 15 is 0 Å². The molecule has 0 atom stereocenters. The Kier molecular flexibility index (Phi) is 7.15. The van der Waals surface area contributed by atoms with E-state index in [-0.39, 0.29) is 5.57 Å². The summed E-state index contributed by atoms with van der Waals surface area (Å²) in [5, 5.41) is 23.3. The van der Waals surface area contributed by atoms with Crippen molar-refractivity contribution in [1.29, 1.82) is 5.26 Å². The maximum atomic E-state index is 11.4. The molecule has 8 rings (SSSR count). The molecule has 1 aliphatic carbocycles. The molecule has 0 spiro atoms. The predicted octanol–water partition coefficient (Wildman–Crippen LogP) is 12.1. The van der Waals surface area contributed by atoms with Gasteiger partial charge < -0.3 is 5.11 Å². The minimum absolute atomic E-state index is 0.272. The van der Waals surface area contributed by atoms with Crippen LogP contribution >= 0.6 is 34.0 Å². The smallest absolute Gasteiger partial charge is 0.346 e. The Morgan fingerprint density at radius 1 is 0.723 bits per heavy atom. The van der Waals surface area contributed by atoms with Crippen LogP contribution in [0.3, 0.4) is 0 Å². The standard InChI is InChI=1S/C40H26N2O2S3/c1-23(2)39-32-18-26(36-16-13-29(45-36)17-27(22-41)40(43)44)11-14-30(32)31-15-12-28(21-33(31)39)42(37-19-24-7-3-5-9-34(24)46-37)38-20-25-8-4-6-10-35(25)47-38/h3-21H,1-2H3,(H,43,44)/b27-17+. The maximum Gasteiger partial charge on any atom is 0.346 e. The number of thiophene rings is 3. The minimum Gasteiger partial charge on any atom is -0.477 e. The van der Waals surface area contributed by atoms with Crippen molar-refractivity contribution in [3.05, 3.63) is 136 Å². The van der Waals surface area contributed by atoms with Gasteiger partial charge in [-0.15, -0.1) is 34.0 Å². The van der Waals surface area contributed by atoms with E-state index < -0.39 is 5.97 Å². The van der Waals surface area contributed by atoms with Gasteiger partial charge in [0.1, 0.15) is 21.6 Å². The van der Waals surface area contributed by atoms with E-state index in [4.69, 9.17) is 0 Å². The van der Waals surface area contributed by atoms with Gasteiger partial charge in [0.05, 0.1) is 0 Å². The number of benzene rings is 4. The molecule has 4 nitrogen and oxygen atoms in total. The summed E-state index contributed by atoms with van der Waals surface area (Å²) in [4.78, 5) is 15.5. The van der Waals surface area contributed by atoms with Crippen molar-refractivity contribution in [3.8, 4) is 27.6 Å². The lowest BCUT2D eigenvalue weighted by molar-refractivity contribution is -0.132. The molecular weight excluding hydrogens is 637 g/mol. The molecule has 1 aliphatic rings. The average molecular weight is 663 g/mol. The van der Waals surface area contributed by atoms with Crippen LogP contribution in [0.5, 0.6) is 0 Å². The molecule has 4 aromatic carbocycles. The number of carbonyl (C=O) groups is 1. The molecule has 226 valence electrons. The number of aliphatic carboxylic acids is 1. The van der Waals surface area contributed by atoms with Crippen molar-refractivity contribution < 1.29 is 9.90 Å². The van der Waals surface area contributed by atoms with Gasteiger partial charge in [-0.05, 0) is 119 Å². The van der Waals surface area contributed by atoms with Crippen LogP contribution in [0.1, 0.15) is 29.9 Å². The number of allylic oxidation sites excluding steroid dienone is 1. The molecule has 7 heteroatoms. The quantitative estimate of drug-likeness (QED) is 0.142. The fraction of sp³-hybridized carbons (Fsp3) is 0.0500. The number of hydrogen-bond donors (Lipinski definition) is 1. The van der Waals surface area contributed by atoms with Gasteiger partial charge in [-0.3, -0.25) is 4.90 Å². The zero-order chi connectivity index (χ0) is 32.2. The molecule has 0 saturated heterocycles. The molecule has 1 N–H and O–H groups in total. The second-order valence-corrected chi connectivity index (χ2v) is 14.9. The average Bonchev–Trinajstić information content (AvgIpc) is 3.86. The van der Waals surface area contributed by atoms with Crippen LogP contribution in [-0.4, -0.2) is 11.1 Å². The van der Waals surface area contributed by atoms with Crippen LogP contribution < -0.4 is 4.90 Å². The SMILES string of the molecule is CC(C)=C1c2cc(-c3ccc(/C=C(\C#N)C(=O)O)s3)ccc2-c2ccc(N(c3cc4ccccc4s3)c3cc4ccccc4s3)cc21. The molecule has 47 heavy (non-hydrogen) atoms. The highest BCUT2D eigenvalue weighted by Crippen LogP contribution is 2.51. The Morgan fingerprint density at radius 3 is 1.94 bits per heavy atom. The first kappa shape index (κ1) is 29.2. The van der Waals surface area contributed by atoms with Crippen LogP contribution in [0.15, 0.2) is 120 Å². The second-order valence-electron chi connectivity index (χ2n) is 11.6. The lowest BCUT2D eigenvalue weighted by Gasteiger charge is -2.22. The highest BCUT2D eigenvalue weighted by Gasteiger charge is 2.27. The Balaban J connectivity index is 1.23. The van der Waals surface area contributed by atoms with E-state index in [1.807, 2.05) is 34.8 Å². The molecule has 0 bridgehead atoms. The molecule has 0 saturated carbocycles. The summed E-state index contributed by atoms with van der Waals surface area (Å²) in [6, 6.07) is 40.7. The number of rotatable bonds is 6. The second kappa shape index (κ2) is 11.5. The summed E-state index contributed by atoms with van der Waals surface area (Å²) in [5.74, 6) is -1.22. The summed E-state index contributed by atoms with van der Waals surface area (Å²) >= 11 is 5.10. The van der Waals surface area contributed by atoms with E-state index in [0.29, 0.717) is 0 Å². The van der Waals surface area contributed by atoms with E-state index in [1.54, 1.807) is 6.07 Å². The molecule has 0 amide bonds. The van der Waals surface area contributed by atoms with Crippen molar-refractivity contribution in [2.24, 2.45) is 0 Å². The Bertz CT molecular complexity index is 2360. The third-order valence-electron chi connectivity index (χ3n) is 8.42. The van der Waals surface area contributed by atoms with Crippen molar-refractivity contribution in [1.82, 2.24) is 0 Å². The van der Waals surface area contributed by atoms with Crippen molar-refractivity contribution >= 4 is 87.5 Å². The zero-order valence-corrected chi connectivity index (χ0v) is 27.9. The van der Waals surface area contributed by atoms with Gasteiger partial charge in [0, 0.05) is 24.8 Å². The molecule has 0 unspecified atom stereocenters. The van der Waals surface area contributed by atoms with Crippen LogP contribution in [0.2, 0.25) is 0 Å². The summed E-state index contributed by atoms with van der Waals surface area (Å²) in [7, 11) is 0. The molecule has 0 radical (unpaired) electrons. The van der Waals surface area contributed by atoms with E-state index in [9.17, 15) is 15.2 Å². The van der Waals surface area contributed by atoms with E-state index in [0.717, 1.165) is 21.0 Å². The summed E-state index contributed by atoms with van der Waals surface area (Å²) in [6.45, 7) is 4.35. The highest BCUT2D eigenvalue weighted by molar-refractivity contribution is 7.25. The largest absolute Gasteiger partial charge is 0.477 e. The van der Waals surface area contributed by atoms with Crippen LogP contribution in [-0.2, 0) is 4.79 Å². The fourth-order valence-electron chi connectivity index (χ4n) is 6.32. The van der Waals surface area contributed by atoms with Gasteiger partial charge in [-0.1, -0.05) is 60.2 Å². The van der Waals surface area contributed by atoms with Crippen molar-refractivity contribution in [3.63, 3.8) is 0 Å². The van der Waals surface area contributed by atoms with Gasteiger partial charge in [0.25, 0.3) is 0 Å². The lowest BCUT2D eigenvalue weighted by atomic mass is 9.97. The first-order chi connectivity index (χ1) is 22.9.